The first-order chi connectivity index (χ1) is 8.38. The van der Waals surface area contributed by atoms with Crippen molar-refractivity contribution in [1.82, 2.24) is 4.72 Å². The van der Waals surface area contributed by atoms with Crippen molar-refractivity contribution in [2.24, 2.45) is 0 Å². The van der Waals surface area contributed by atoms with Gasteiger partial charge in [0.15, 0.2) is 0 Å². The van der Waals surface area contributed by atoms with E-state index in [2.05, 4.69) is 4.72 Å². The Balaban J connectivity index is 2.99. The Morgan fingerprint density at radius 1 is 1.50 bits per heavy atom. The van der Waals surface area contributed by atoms with Crippen LogP contribution in [0.25, 0.3) is 0 Å². The Labute approximate surface area is 105 Å². The number of sulfonamides is 1. The van der Waals surface area contributed by atoms with Gasteiger partial charge in [-0.15, -0.1) is 0 Å². The maximum atomic E-state index is 11.8. The van der Waals surface area contributed by atoms with Crippen molar-refractivity contribution in [3.8, 4) is 0 Å². The number of ether oxygens (including phenoxy) is 1. The summed E-state index contributed by atoms with van der Waals surface area (Å²) in [5, 5.41) is 8.74. The summed E-state index contributed by atoms with van der Waals surface area (Å²) in [5.74, 6) is -1.17. The second kappa shape index (κ2) is 5.80. The molecule has 0 heterocycles. The molecule has 8 heteroatoms. The van der Waals surface area contributed by atoms with E-state index in [1.807, 2.05) is 0 Å². The molecule has 7 nitrogen and oxygen atoms in total. The third-order valence-electron chi connectivity index (χ3n) is 2.14. The molecule has 100 valence electrons. The smallest absolute Gasteiger partial charge is 0.335 e. The Bertz CT molecular complexity index is 541. The molecule has 0 fully saturated rings. The number of benzene rings is 1. The number of anilines is 1. The fourth-order valence-electron chi connectivity index (χ4n) is 1.28. The normalized spacial score (nSPS) is 11.4. The zero-order valence-electron chi connectivity index (χ0n) is 9.71. The van der Waals surface area contributed by atoms with Gasteiger partial charge in [0.05, 0.1) is 17.9 Å². The predicted molar refractivity (Wildman–Crippen MR) is 64.9 cm³/mol. The van der Waals surface area contributed by atoms with Crippen molar-refractivity contribution in [3.05, 3.63) is 23.8 Å². The van der Waals surface area contributed by atoms with Crippen molar-refractivity contribution in [3.63, 3.8) is 0 Å². The number of nitrogens with two attached hydrogens (primary N) is 1. The van der Waals surface area contributed by atoms with Crippen LogP contribution in [0.3, 0.4) is 0 Å². The van der Waals surface area contributed by atoms with Gasteiger partial charge in [0.25, 0.3) is 0 Å². The van der Waals surface area contributed by atoms with Crippen LogP contribution in [0.1, 0.15) is 10.4 Å². The quantitative estimate of drug-likeness (QED) is 0.492. The molecular formula is C10H14N2O5S. The molecule has 0 saturated heterocycles. The van der Waals surface area contributed by atoms with Crippen LogP contribution in [0.4, 0.5) is 5.69 Å². The monoisotopic (exact) mass is 274 g/mol. The molecule has 0 radical (unpaired) electrons. The van der Waals surface area contributed by atoms with Crippen LogP contribution in [-0.2, 0) is 14.8 Å². The van der Waals surface area contributed by atoms with E-state index < -0.39 is 16.0 Å². The van der Waals surface area contributed by atoms with Gasteiger partial charge in [0.2, 0.25) is 10.0 Å². The third kappa shape index (κ3) is 3.42. The van der Waals surface area contributed by atoms with Crippen LogP contribution in [0.15, 0.2) is 23.1 Å². The highest BCUT2D eigenvalue weighted by molar-refractivity contribution is 7.89. The van der Waals surface area contributed by atoms with E-state index in [9.17, 15) is 13.2 Å². The number of carboxylic acids is 1. The highest BCUT2D eigenvalue weighted by atomic mass is 32.2. The molecule has 1 rings (SSSR count). The molecule has 0 bridgehead atoms. The summed E-state index contributed by atoms with van der Waals surface area (Å²) in [6, 6.07) is 3.45. The Hall–Kier alpha value is -1.64. The van der Waals surface area contributed by atoms with Gasteiger partial charge in [-0.05, 0) is 18.2 Å². The first-order valence-corrected chi connectivity index (χ1v) is 6.48. The van der Waals surface area contributed by atoms with Gasteiger partial charge >= 0.3 is 5.97 Å². The molecule has 0 aliphatic heterocycles. The van der Waals surface area contributed by atoms with Gasteiger partial charge in [0.1, 0.15) is 4.90 Å². The lowest BCUT2D eigenvalue weighted by Gasteiger charge is -2.09. The summed E-state index contributed by atoms with van der Waals surface area (Å²) in [4.78, 5) is 10.5. The van der Waals surface area contributed by atoms with Gasteiger partial charge in [-0.3, -0.25) is 0 Å². The van der Waals surface area contributed by atoms with Gasteiger partial charge in [-0.2, -0.15) is 0 Å². The second-order valence-corrected chi connectivity index (χ2v) is 5.18. The Kier molecular flexibility index (Phi) is 4.65. The van der Waals surface area contributed by atoms with Gasteiger partial charge in [-0.1, -0.05) is 0 Å². The van der Waals surface area contributed by atoms with E-state index in [0.717, 1.165) is 12.1 Å². The largest absolute Gasteiger partial charge is 0.478 e. The number of hydrogen-bond acceptors (Lipinski definition) is 5. The molecule has 0 spiro atoms. The highest BCUT2D eigenvalue weighted by Gasteiger charge is 2.18. The number of aromatic carboxylic acids is 1. The third-order valence-corrected chi connectivity index (χ3v) is 3.68. The average Bonchev–Trinajstić information content (AvgIpc) is 2.28. The molecule has 0 atom stereocenters. The molecule has 0 amide bonds. The van der Waals surface area contributed by atoms with E-state index >= 15 is 0 Å². The summed E-state index contributed by atoms with van der Waals surface area (Å²) in [6.45, 7) is 0.339. The summed E-state index contributed by atoms with van der Waals surface area (Å²) in [7, 11) is -2.30. The first kappa shape index (κ1) is 14.4. The van der Waals surface area contributed by atoms with Crippen molar-refractivity contribution >= 4 is 21.7 Å². The summed E-state index contributed by atoms with van der Waals surface area (Å²) in [5.41, 5.74) is 5.36. The lowest BCUT2D eigenvalue weighted by molar-refractivity contribution is 0.0697. The fourth-order valence-corrected chi connectivity index (χ4v) is 2.41. The molecular weight excluding hydrogens is 260 g/mol. The minimum Gasteiger partial charge on any atom is -0.478 e. The van der Waals surface area contributed by atoms with Crippen LogP contribution in [0.5, 0.6) is 0 Å². The zero-order valence-corrected chi connectivity index (χ0v) is 10.5. The van der Waals surface area contributed by atoms with Crippen LogP contribution in [-0.4, -0.2) is 39.8 Å². The van der Waals surface area contributed by atoms with E-state index in [1.54, 1.807) is 0 Å². The molecule has 0 aromatic heterocycles. The van der Waals surface area contributed by atoms with E-state index in [1.165, 1.54) is 13.2 Å². The molecule has 0 unspecified atom stereocenters. The standard InChI is InChI=1S/C10H14N2O5S/c1-17-5-4-12-18(15,16)9-3-2-7(10(13)14)6-8(9)11/h2-3,6,12H,4-5,11H2,1H3,(H,13,14). The number of methoxy groups -OCH3 is 1. The predicted octanol–water partition coefficient (Wildman–Crippen LogP) is -0.108. The number of rotatable bonds is 6. The maximum absolute atomic E-state index is 11.8. The highest BCUT2D eigenvalue weighted by Crippen LogP contribution is 2.19. The summed E-state index contributed by atoms with van der Waals surface area (Å²) in [6.07, 6.45) is 0. The molecule has 18 heavy (non-hydrogen) atoms. The van der Waals surface area contributed by atoms with Crippen LogP contribution in [0, 0.1) is 0 Å². The minimum atomic E-state index is -3.75. The maximum Gasteiger partial charge on any atom is 0.335 e. The van der Waals surface area contributed by atoms with Crippen LogP contribution < -0.4 is 10.5 Å². The Morgan fingerprint density at radius 3 is 2.67 bits per heavy atom. The summed E-state index contributed by atoms with van der Waals surface area (Å²) < 4.78 is 30.6. The van der Waals surface area contributed by atoms with Gasteiger partial charge in [-0.25, -0.2) is 17.9 Å². The molecule has 1 aromatic rings. The number of nitrogen functional groups attached to an aromatic ring is 1. The lowest BCUT2D eigenvalue weighted by Crippen LogP contribution is -2.27. The summed E-state index contributed by atoms with van der Waals surface area (Å²) >= 11 is 0. The molecule has 0 aliphatic rings. The number of carboxylic acid groups (broad SMARTS) is 1. The van der Waals surface area contributed by atoms with Gasteiger partial charge < -0.3 is 15.6 Å². The van der Waals surface area contributed by atoms with Crippen LogP contribution >= 0.6 is 0 Å². The second-order valence-electron chi connectivity index (χ2n) is 3.45. The molecule has 0 aliphatic carbocycles. The van der Waals surface area contributed by atoms with Crippen molar-refractivity contribution in [2.45, 2.75) is 4.90 Å². The first-order valence-electron chi connectivity index (χ1n) is 5.00. The zero-order chi connectivity index (χ0) is 13.8. The van der Waals surface area contributed by atoms with E-state index in [-0.39, 0.29) is 29.3 Å². The number of carbonyl (C=O) groups is 1. The van der Waals surface area contributed by atoms with E-state index in [4.69, 9.17) is 15.6 Å². The molecule has 1 aromatic carbocycles. The van der Waals surface area contributed by atoms with E-state index in [0.29, 0.717) is 0 Å². The SMILES string of the molecule is COCCNS(=O)(=O)c1ccc(C(=O)O)cc1N. The number of hydrogen-bond donors (Lipinski definition) is 3. The number of nitrogens with one attached hydrogen (secondary N) is 1. The fraction of sp³-hybridized carbons (Fsp3) is 0.300. The van der Waals surface area contributed by atoms with Crippen LogP contribution in [0.2, 0.25) is 0 Å². The molecule has 4 N–H and O–H groups in total. The Morgan fingerprint density at radius 2 is 2.17 bits per heavy atom. The average molecular weight is 274 g/mol. The van der Waals surface area contributed by atoms with Crippen molar-refractivity contribution < 1.29 is 23.1 Å². The van der Waals surface area contributed by atoms with Crippen molar-refractivity contribution in [2.75, 3.05) is 26.0 Å². The minimum absolute atomic E-state index is 0.0664. The topological polar surface area (TPSA) is 119 Å². The lowest BCUT2D eigenvalue weighted by atomic mass is 10.2. The van der Waals surface area contributed by atoms with Crippen molar-refractivity contribution in [1.29, 1.82) is 0 Å². The van der Waals surface area contributed by atoms with Gasteiger partial charge in [0, 0.05) is 13.7 Å². The molecule has 0 saturated carbocycles.